The van der Waals surface area contributed by atoms with Crippen molar-refractivity contribution in [1.82, 2.24) is 15.1 Å². The van der Waals surface area contributed by atoms with Crippen LogP contribution in [-0.2, 0) is 16.7 Å². The van der Waals surface area contributed by atoms with Crippen molar-refractivity contribution < 1.29 is 27.8 Å². The first-order chi connectivity index (χ1) is 18.1. The molecule has 1 aliphatic carbocycles. The summed E-state index contributed by atoms with van der Waals surface area (Å²) in [4.78, 5) is 12.4. The first kappa shape index (κ1) is 25.8. The number of primary amides is 1. The predicted molar refractivity (Wildman–Crippen MR) is 135 cm³/mol. The molecule has 3 aromatic rings. The lowest BCUT2D eigenvalue weighted by Crippen LogP contribution is -2.55. The summed E-state index contributed by atoms with van der Waals surface area (Å²) in [7, 11) is 0. The van der Waals surface area contributed by atoms with Crippen LogP contribution in [0.4, 0.5) is 13.6 Å². The first-order valence-electron chi connectivity index (χ1n) is 12.5. The average molecular weight is 525 g/mol. The van der Waals surface area contributed by atoms with E-state index in [0.717, 1.165) is 16.9 Å². The van der Waals surface area contributed by atoms with Crippen LogP contribution in [-0.4, -0.2) is 52.4 Å². The minimum atomic E-state index is -2.60. The highest BCUT2D eigenvalue weighted by atomic mass is 19.3. The Labute approximate surface area is 219 Å². The summed E-state index contributed by atoms with van der Waals surface area (Å²) in [5.74, 6) is -0.868. The molecule has 0 bridgehead atoms. The van der Waals surface area contributed by atoms with Gasteiger partial charge in [0.25, 0.3) is 5.92 Å². The molecule has 10 heteroatoms. The number of carbonyl (C=O) groups is 1. The maximum Gasteiger partial charge on any atom is 0.404 e. The molecule has 1 amide bonds. The van der Waals surface area contributed by atoms with Gasteiger partial charge in [-0.15, -0.1) is 5.10 Å². The van der Waals surface area contributed by atoms with Gasteiger partial charge in [-0.3, -0.25) is 4.90 Å². The molecule has 200 valence electrons. The van der Waals surface area contributed by atoms with Crippen molar-refractivity contribution in [3.05, 3.63) is 77.5 Å². The van der Waals surface area contributed by atoms with Crippen molar-refractivity contribution in [3.63, 3.8) is 0 Å². The van der Waals surface area contributed by atoms with Crippen LogP contribution in [0.1, 0.15) is 43.5 Å². The van der Waals surface area contributed by atoms with Crippen LogP contribution in [0.25, 0.3) is 0 Å². The van der Waals surface area contributed by atoms with Crippen molar-refractivity contribution >= 4 is 6.09 Å². The molecule has 5 rings (SSSR count). The van der Waals surface area contributed by atoms with Gasteiger partial charge in [-0.25, -0.2) is 13.6 Å². The highest BCUT2D eigenvalue weighted by Crippen LogP contribution is 2.35. The van der Waals surface area contributed by atoms with Crippen LogP contribution >= 0.6 is 0 Å². The van der Waals surface area contributed by atoms with E-state index in [0.29, 0.717) is 36.7 Å². The zero-order valence-electron chi connectivity index (χ0n) is 21.3. The first-order valence-corrected chi connectivity index (χ1v) is 12.5. The Morgan fingerprint density at radius 3 is 2.08 bits per heavy atom. The summed E-state index contributed by atoms with van der Waals surface area (Å²) in [6.07, 6.45) is 0.377. The zero-order chi connectivity index (χ0) is 26.9. The van der Waals surface area contributed by atoms with E-state index in [1.807, 2.05) is 48.5 Å². The number of halogens is 2. The monoisotopic (exact) mass is 524 g/mol. The Morgan fingerprint density at radius 1 is 0.947 bits per heavy atom. The van der Waals surface area contributed by atoms with Crippen molar-refractivity contribution in [2.24, 2.45) is 5.73 Å². The topological polar surface area (TPSA) is 99.8 Å². The van der Waals surface area contributed by atoms with E-state index >= 15 is 0 Å². The standard InChI is InChI=1S/C28H30F2N4O4/c1-27(2,18-3-8-21(9-4-18)36-23-13-24(14-23)38-26(31)35)19-5-10-22(11-6-19)37-25-12-7-20(32-33-25)15-34-16-28(29,30)17-34/h3-12,23-24H,13-17H2,1-2H3,(H2,31,35). The number of likely N-dealkylation sites (tertiary alicyclic amines) is 1. The minimum absolute atomic E-state index is 0.0141. The fourth-order valence-corrected chi connectivity index (χ4v) is 4.68. The van der Waals surface area contributed by atoms with E-state index < -0.39 is 12.0 Å². The number of hydrogen-bond acceptors (Lipinski definition) is 7. The number of amides is 1. The molecule has 8 nitrogen and oxygen atoms in total. The van der Waals surface area contributed by atoms with Gasteiger partial charge in [0, 0.05) is 30.9 Å². The molecule has 2 fully saturated rings. The molecule has 0 atom stereocenters. The molecular weight excluding hydrogens is 494 g/mol. The molecule has 1 aliphatic heterocycles. The van der Waals surface area contributed by atoms with Gasteiger partial charge in [0.2, 0.25) is 5.88 Å². The number of nitrogens with zero attached hydrogens (tertiary/aromatic N) is 3. The quantitative estimate of drug-likeness (QED) is 0.418. The van der Waals surface area contributed by atoms with Gasteiger partial charge in [0.05, 0.1) is 18.8 Å². The predicted octanol–water partition coefficient (Wildman–Crippen LogP) is 5.05. The second-order valence-corrected chi connectivity index (χ2v) is 10.4. The molecule has 1 saturated carbocycles. The normalized spacial score (nSPS) is 20.6. The summed E-state index contributed by atoms with van der Waals surface area (Å²) in [6.45, 7) is 4.14. The summed E-state index contributed by atoms with van der Waals surface area (Å²) in [5, 5.41) is 8.16. The molecule has 38 heavy (non-hydrogen) atoms. The number of nitrogens with two attached hydrogens (primary N) is 1. The van der Waals surface area contributed by atoms with Crippen molar-refractivity contribution in [2.75, 3.05) is 13.1 Å². The number of aromatic nitrogens is 2. The number of ether oxygens (including phenoxy) is 3. The van der Waals surface area contributed by atoms with Crippen LogP contribution in [0.2, 0.25) is 0 Å². The molecule has 1 saturated heterocycles. The van der Waals surface area contributed by atoms with Gasteiger partial charge >= 0.3 is 6.09 Å². The number of hydrogen-bond donors (Lipinski definition) is 1. The molecular formula is C28H30F2N4O4. The van der Waals surface area contributed by atoms with E-state index in [1.165, 1.54) is 0 Å². The second kappa shape index (κ2) is 10.2. The highest BCUT2D eigenvalue weighted by molar-refractivity contribution is 5.64. The molecule has 1 aromatic heterocycles. The van der Waals surface area contributed by atoms with Crippen LogP contribution in [0.15, 0.2) is 60.7 Å². The lowest BCUT2D eigenvalue weighted by molar-refractivity contribution is -0.134. The van der Waals surface area contributed by atoms with Crippen LogP contribution in [0, 0.1) is 0 Å². The van der Waals surface area contributed by atoms with Gasteiger partial charge in [0.1, 0.15) is 23.7 Å². The van der Waals surface area contributed by atoms with E-state index in [1.54, 1.807) is 17.0 Å². The number of benzene rings is 2. The van der Waals surface area contributed by atoms with E-state index in [4.69, 9.17) is 19.9 Å². The van der Waals surface area contributed by atoms with Crippen molar-refractivity contribution in [2.45, 2.75) is 56.8 Å². The Hall–Kier alpha value is -3.79. The van der Waals surface area contributed by atoms with Crippen LogP contribution in [0.5, 0.6) is 17.4 Å². The summed E-state index contributed by atoms with van der Waals surface area (Å²) in [5.41, 5.74) is 7.64. The smallest absolute Gasteiger partial charge is 0.404 e. The minimum Gasteiger partial charge on any atom is -0.490 e. The zero-order valence-corrected chi connectivity index (χ0v) is 21.3. The molecule has 2 aliphatic rings. The largest absolute Gasteiger partial charge is 0.490 e. The van der Waals surface area contributed by atoms with Gasteiger partial charge in [0.15, 0.2) is 0 Å². The third kappa shape index (κ3) is 6.02. The second-order valence-electron chi connectivity index (χ2n) is 10.4. The maximum atomic E-state index is 13.0. The number of carbonyl (C=O) groups excluding carboxylic acids is 1. The van der Waals surface area contributed by atoms with Gasteiger partial charge in [-0.1, -0.05) is 38.1 Å². The maximum absolute atomic E-state index is 13.0. The molecule has 0 unspecified atom stereocenters. The summed E-state index contributed by atoms with van der Waals surface area (Å²) < 4.78 is 42.7. The van der Waals surface area contributed by atoms with Crippen LogP contribution < -0.4 is 15.2 Å². The van der Waals surface area contributed by atoms with Crippen molar-refractivity contribution in [3.8, 4) is 17.4 Å². The lowest BCUT2D eigenvalue weighted by atomic mass is 9.78. The average Bonchev–Trinajstić information content (AvgIpc) is 2.83. The van der Waals surface area contributed by atoms with E-state index in [2.05, 4.69) is 24.0 Å². The van der Waals surface area contributed by atoms with Gasteiger partial charge in [-0.2, -0.15) is 5.10 Å². The molecule has 2 aromatic carbocycles. The Balaban J connectivity index is 1.14. The third-order valence-electron chi connectivity index (χ3n) is 7.00. The van der Waals surface area contributed by atoms with Crippen molar-refractivity contribution in [1.29, 1.82) is 0 Å². The molecule has 2 heterocycles. The van der Waals surface area contributed by atoms with Gasteiger partial charge < -0.3 is 19.9 Å². The molecule has 0 spiro atoms. The highest BCUT2D eigenvalue weighted by Gasteiger charge is 2.43. The Bertz CT molecular complexity index is 1250. The third-order valence-corrected chi connectivity index (χ3v) is 7.00. The fourth-order valence-electron chi connectivity index (χ4n) is 4.68. The fraction of sp³-hybridized carbons (Fsp3) is 0.393. The number of rotatable bonds is 9. The summed E-state index contributed by atoms with van der Waals surface area (Å²) >= 11 is 0. The SMILES string of the molecule is CC(C)(c1ccc(Oc2ccc(CN3CC(F)(F)C3)nn2)cc1)c1ccc(OC2CC(OC(N)=O)C2)cc1. The van der Waals surface area contributed by atoms with E-state index in [9.17, 15) is 13.6 Å². The lowest BCUT2D eigenvalue weighted by Gasteiger charge is -2.38. The van der Waals surface area contributed by atoms with E-state index in [-0.39, 0.29) is 30.7 Å². The molecule has 0 radical (unpaired) electrons. The Kier molecular flexibility index (Phi) is 6.92. The number of alkyl halides is 2. The molecule has 2 N–H and O–H groups in total. The van der Waals surface area contributed by atoms with Gasteiger partial charge in [-0.05, 0) is 41.5 Å². The Morgan fingerprint density at radius 2 is 1.55 bits per heavy atom. The summed E-state index contributed by atoms with van der Waals surface area (Å²) in [6, 6.07) is 19.2. The van der Waals surface area contributed by atoms with Crippen LogP contribution in [0.3, 0.4) is 0 Å².